The van der Waals surface area contributed by atoms with Crippen molar-refractivity contribution in [2.24, 2.45) is 0 Å². The minimum Gasteiger partial charge on any atom is -0.455 e. The summed E-state index contributed by atoms with van der Waals surface area (Å²) in [6, 6.07) is 60.3. The van der Waals surface area contributed by atoms with Gasteiger partial charge in [0.25, 0.3) is 0 Å². The molecule has 0 radical (unpaired) electrons. The summed E-state index contributed by atoms with van der Waals surface area (Å²) in [6.07, 6.45) is 1.83. The fourth-order valence-electron chi connectivity index (χ4n) is 7.24. The van der Waals surface area contributed by atoms with Gasteiger partial charge in [-0.25, -0.2) is 15.0 Å². The second kappa shape index (κ2) is 12.8. The summed E-state index contributed by atoms with van der Waals surface area (Å²) in [5.41, 5.74) is 10.9. The zero-order valence-electron chi connectivity index (χ0n) is 28.5. The van der Waals surface area contributed by atoms with E-state index in [1.807, 2.05) is 72.9 Å². The lowest BCUT2D eigenvalue weighted by Crippen LogP contribution is -2.00. The van der Waals surface area contributed by atoms with Crippen LogP contribution in [0.25, 0.3) is 100 Å². The van der Waals surface area contributed by atoms with Gasteiger partial charge in [0.15, 0.2) is 17.5 Å². The van der Waals surface area contributed by atoms with Crippen LogP contribution in [0.1, 0.15) is 0 Å². The third-order valence-corrected chi connectivity index (χ3v) is 9.79. The smallest absolute Gasteiger partial charge is 0.164 e. The van der Waals surface area contributed by atoms with E-state index in [0.717, 1.165) is 82.9 Å². The Morgan fingerprint density at radius 1 is 0.358 bits per heavy atom. The Morgan fingerprint density at radius 3 is 1.68 bits per heavy atom. The summed E-state index contributed by atoms with van der Waals surface area (Å²) < 4.78 is 6.57. The molecule has 0 aliphatic rings. The number of nitrogens with zero attached hydrogens (tertiary/aromatic N) is 4. The molecule has 0 unspecified atom stereocenters. The molecule has 0 N–H and O–H groups in total. The van der Waals surface area contributed by atoms with Crippen LogP contribution in [0.15, 0.2) is 187 Å². The van der Waals surface area contributed by atoms with E-state index < -0.39 is 0 Å². The predicted octanol–water partition coefficient (Wildman–Crippen LogP) is 12.3. The molecule has 0 spiro atoms. The lowest BCUT2D eigenvalue weighted by molar-refractivity contribution is 0.673. The first-order chi connectivity index (χ1) is 26.3. The van der Waals surface area contributed by atoms with Gasteiger partial charge in [0.05, 0.1) is 5.69 Å². The second-order valence-corrected chi connectivity index (χ2v) is 13.0. The summed E-state index contributed by atoms with van der Waals surface area (Å²) in [5.74, 6) is 1.88. The van der Waals surface area contributed by atoms with Crippen LogP contribution >= 0.6 is 0 Å². The topological polar surface area (TPSA) is 64.7 Å². The van der Waals surface area contributed by atoms with Crippen molar-refractivity contribution in [2.75, 3.05) is 0 Å². The number of furan rings is 1. The summed E-state index contributed by atoms with van der Waals surface area (Å²) in [7, 11) is 0. The minimum absolute atomic E-state index is 0.617. The third-order valence-electron chi connectivity index (χ3n) is 9.79. The number of benzene rings is 7. The maximum absolute atomic E-state index is 6.57. The number of aromatic nitrogens is 4. The van der Waals surface area contributed by atoms with Gasteiger partial charge >= 0.3 is 0 Å². The number of hydrogen-bond acceptors (Lipinski definition) is 5. The Hall–Kier alpha value is -7.24. The van der Waals surface area contributed by atoms with E-state index in [-0.39, 0.29) is 0 Å². The molecule has 53 heavy (non-hydrogen) atoms. The Bertz CT molecular complexity index is 2920. The fraction of sp³-hybridized carbons (Fsp3) is 0. The molecule has 5 nitrogen and oxygen atoms in total. The predicted molar refractivity (Wildman–Crippen MR) is 215 cm³/mol. The van der Waals surface area contributed by atoms with Gasteiger partial charge in [0.1, 0.15) is 11.2 Å². The molecule has 0 fully saturated rings. The van der Waals surface area contributed by atoms with E-state index in [2.05, 4.69) is 114 Å². The van der Waals surface area contributed by atoms with E-state index >= 15 is 0 Å². The SMILES string of the molecule is c1ccc(-c2cccc(-c3nc(-c4ccccc4)nc(-c4ccc(-c5cc6c(oc7cccc(-c8ccccn8)c76)c6ccccc56)cc4)n3)c2)cc1. The first-order valence-electron chi connectivity index (χ1n) is 17.6. The molecule has 3 heterocycles. The van der Waals surface area contributed by atoms with Crippen molar-refractivity contribution >= 4 is 32.7 Å². The molecule has 0 saturated heterocycles. The summed E-state index contributed by atoms with van der Waals surface area (Å²) in [4.78, 5) is 19.7. The van der Waals surface area contributed by atoms with E-state index in [1.165, 1.54) is 0 Å². The molecule has 3 aromatic heterocycles. The largest absolute Gasteiger partial charge is 0.455 e. The summed E-state index contributed by atoms with van der Waals surface area (Å²) >= 11 is 0. The van der Waals surface area contributed by atoms with E-state index in [9.17, 15) is 0 Å². The fourth-order valence-corrected chi connectivity index (χ4v) is 7.24. The molecule has 0 bridgehead atoms. The van der Waals surface area contributed by atoms with Gasteiger partial charge in [-0.3, -0.25) is 4.98 Å². The molecular formula is C48H30N4O. The van der Waals surface area contributed by atoms with Crippen LogP contribution in [0.2, 0.25) is 0 Å². The summed E-state index contributed by atoms with van der Waals surface area (Å²) in [5, 5.41) is 4.32. The van der Waals surface area contributed by atoms with E-state index in [1.54, 1.807) is 0 Å². The first kappa shape index (κ1) is 30.6. The van der Waals surface area contributed by atoms with Crippen molar-refractivity contribution in [3.05, 3.63) is 182 Å². The van der Waals surface area contributed by atoms with Crippen LogP contribution in [-0.4, -0.2) is 19.9 Å². The molecule has 0 saturated carbocycles. The second-order valence-electron chi connectivity index (χ2n) is 13.0. The molecular weight excluding hydrogens is 649 g/mol. The van der Waals surface area contributed by atoms with Crippen LogP contribution in [0.4, 0.5) is 0 Å². The number of fused-ring (bicyclic) bond motifs is 5. The highest BCUT2D eigenvalue weighted by Gasteiger charge is 2.19. The molecule has 248 valence electrons. The van der Waals surface area contributed by atoms with Crippen molar-refractivity contribution in [3.63, 3.8) is 0 Å². The van der Waals surface area contributed by atoms with Crippen molar-refractivity contribution in [1.29, 1.82) is 0 Å². The van der Waals surface area contributed by atoms with Gasteiger partial charge in [-0.1, -0.05) is 146 Å². The van der Waals surface area contributed by atoms with Crippen LogP contribution in [0.5, 0.6) is 0 Å². The zero-order valence-corrected chi connectivity index (χ0v) is 28.5. The molecule has 10 aromatic rings. The van der Waals surface area contributed by atoms with Crippen LogP contribution < -0.4 is 0 Å². The number of rotatable bonds is 6. The van der Waals surface area contributed by atoms with Gasteiger partial charge in [0.2, 0.25) is 0 Å². The summed E-state index contributed by atoms with van der Waals surface area (Å²) in [6.45, 7) is 0. The Morgan fingerprint density at radius 2 is 0.943 bits per heavy atom. The molecule has 0 aliphatic heterocycles. The molecule has 7 aromatic carbocycles. The standard InChI is InChI=1S/C48H30N4O/c1-3-13-31(14-4-1)35-17-11-18-36(29-35)48-51-46(33-15-5-2-6-16-33)50-47(52-48)34-26-24-32(25-27-34)40-30-41-44-39(42-22-9-10-28-49-42)21-12-23-43(44)53-45(41)38-20-8-7-19-37(38)40/h1-30H. The van der Waals surface area contributed by atoms with E-state index in [4.69, 9.17) is 19.4 Å². The van der Waals surface area contributed by atoms with Gasteiger partial charge in [-0.15, -0.1) is 0 Å². The Balaban J connectivity index is 1.11. The lowest BCUT2D eigenvalue weighted by Gasteiger charge is -2.11. The van der Waals surface area contributed by atoms with E-state index in [0.29, 0.717) is 17.5 Å². The monoisotopic (exact) mass is 678 g/mol. The Labute approximate surface area is 305 Å². The third kappa shape index (κ3) is 5.52. The lowest BCUT2D eigenvalue weighted by atomic mass is 9.93. The highest BCUT2D eigenvalue weighted by molar-refractivity contribution is 6.22. The van der Waals surface area contributed by atoms with Crippen molar-refractivity contribution in [1.82, 2.24) is 19.9 Å². The first-order valence-corrected chi connectivity index (χ1v) is 17.6. The quantitative estimate of drug-likeness (QED) is 0.175. The normalized spacial score (nSPS) is 11.4. The average Bonchev–Trinajstić information content (AvgIpc) is 3.63. The van der Waals surface area contributed by atoms with Gasteiger partial charge in [-0.2, -0.15) is 0 Å². The minimum atomic E-state index is 0.617. The highest BCUT2D eigenvalue weighted by Crippen LogP contribution is 2.43. The Kier molecular flexibility index (Phi) is 7.40. The maximum atomic E-state index is 6.57. The molecule has 0 aliphatic carbocycles. The maximum Gasteiger partial charge on any atom is 0.164 e. The van der Waals surface area contributed by atoms with Gasteiger partial charge in [0, 0.05) is 44.6 Å². The van der Waals surface area contributed by atoms with Gasteiger partial charge < -0.3 is 4.42 Å². The molecule has 0 atom stereocenters. The van der Waals surface area contributed by atoms with Crippen LogP contribution in [0.3, 0.4) is 0 Å². The molecule has 10 rings (SSSR count). The number of hydrogen-bond donors (Lipinski definition) is 0. The van der Waals surface area contributed by atoms with Crippen LogP contribution in [0, 0.1) is 0 Å². The van der Waals surface area contributed by atoms with Crippen molar-refractivity contribution in [2.45, 2.75) is 0 Å². The average molecular weight is 679 g/mol. The number of pyridine rings is 1. The van der Waals surface area contributed by atoms with Crippen LogP contribution in [-0.2, 0) is 0 Å². The zero-order chi connectivity index (χ0) is 35.1. The highest BCUT2D eigenvalue weighted by atomic mass is 16.3. The molecule has 0 amide bonds. The molecule has 5 heteroatoms. The van der Waals surface area contributed by atoms with Crippen molar-refractivity contribution < 1.29 is 4.42 Å². The van der Waals surface area contributed by atoms with Crippen molar-refractivity contribution in [3.8, 4) is 67.7 Å². The van der Waals surface area contributed by atoms with Gasteiger partial charge in [-0.05, 0) is 58.0 Å².